The van der Waals surface area contributed by atoms with Crippen molar-refractivity contribution in [1.82, 2.24) is 26.1 Å². The van der Waals surface area contributed by atoms with Gasteiger partial charge >= 0.3 is 5.97 Å². The van der Waals surface area contributed by atoms with Gasteiger partial charge in [0.2, 0.25) is 11.8 Å². The summed E-state index contributed by atoms with van der Waals surface area (Å²) in [6, 6.07) is -2.87. The number of allylic oxidation sites excluding steroid dienone is 4. The van der Waals surface area contributed by atoms with E-state index in [-0.39, 0.29) is 55.9 Å². The number of aliphatic hydroxyl groups excluding tert-OH is 2. The molecule has 0 aliphatic carbocycles. The second-order valence-corrected chi connectivity index (χ2v) is 16.2. The summed E-state index contributed by atoms with van der Waals surface area (Å²) in [6.45, 7) is 8.60. The number of hydrogen-bond acceptors (Lipinski definition) is 12. The van der Waals surface area contributed by atoms with Crippen LogP contribution in [0.15, 0.2) is 60.2 Å². The SMILES string of the molecule is CC(=O)CC[C@H]1C(=O)N[C@@H](C(C)C)C(=O)NC(c2cc(O)c(F)c(F)c2)C(=O)N2CCCC(N2)C(=O)O[C@H](/C(C)=C/C=C/C(=O)N2CCCCO2)C/C=C/C=C/[C@H](O)[C@H](C)[C@H]1O. The normalized spacial score (nSPS) is 29.0. The number of carbonyl (C=O) groups excluding carboxylic acids is 6. The average Bonchev–Trinajstić information content (AvgIpc) is 3.24. The van der Waals surface area contributed by atoms with E-state index in [4.69, 9.17) is 9.57 Å². The van der Waals surface area contributed by atoms with Crippen LogP contribution in [0.5, 0.6) is 5.75 Å². The minimum absolute atomic E-state index is 0.00568. The molecule has 8 atom stereocenters. The van der Waals surface area contributed by atoms with Crippen LogP contribution in [0.3, 0.4) is 0 Å². The van der Waals surface area contributed by atoms with Crippen LogP contribution in [0.2, 0.25) is 0 Å². The molecular formula is C44H59F2N5O11. The Kier molecular flexibility index (Phi) is 18.5. The first-order chi connectivity index (χ1) is 29.4. The van der Waals surface area contributed by atoms with Gasteiger partial charge in [0.15, 0.2) is 17.4 Å². The number of halogens is 2. The van der Waals surface area contributed by atoms with Crippen molar-refractivity contribution >= 4 is 35.4 Å². The molecule has 0 radical (unpaired) electrons. The third-order valence-electron chi connectivity index (χ3n) is 11.0. The molecule has 4 amide bonds. The zero-order valence-electron chi connectivity index (χ0n) is 35.7. The predicted molar refractivity (Wildman–Crippen MR) is 221 cm³/mol. The first-order valence-electron chi connectivity index (χ1n) is 20.9. The molecule has 2 fully saturated rings. The number of cyclic esters (lactones) is 1. The Hall–Kier alpha value is -5.30. The molecule has 0 saturated carbocycles. The maximum atomic E-state index is 14.8. The van der Waals surface area contributed by atoms with E-state index in [2.05, 4.69) is 16.1 Å². The highest BCUT2D eigenvalue weighted by Gasteiger charge is 2.39. The molecule has 3 aliphatic rings. The van der Waals surface area contributed by atoms with Gasteiger partial charge in [-0.15, -0.1) is 0 Å². The number of aliphatic hydroxyl groups is 2. The van der Waals surface area contributed by atoms with Crippen LogP contribution in [0, 0.1) is 29.4 Å². The summed E-state index contributed by atoms with van der Waals surface area (Å²) in [4.78, 5) is 86.2. The number of nitrogens with zero attached hydrogens (tertiary/aromatic N) is 2. The molecule has 2 unspecified atom stereocenters. The monoisotopic (exact) mass is 871 g/mol. The molecule has 4 rings (SSSR count). The van der Waals surface area contributed by atoms with Crippen molar-refractivity contribution < 1.29 is 62.4 Å². The number of nitrogens with one attached hydrogen (secondary N) is 3. The average molecular weight is 872 g/mol. The Bertz CT molecular complexity index is 1890. The van der Waals surface area contributed by atoms with Crippen molar-refractivity contribution in [1.29, 1.82) is 0 Å². The molecule has 16 nitrogen and oxygen atoms in total. The standard InChI is InChI=1S/C44H59F2N5O11/c1-25(2)38-42(58)48-39(29-23-31(45)37(46)34(54)24-29)43(59)50-20-12-14-32(49-50)44(60)62-35(26(3)13-11-17-36(55)51-21-9-10-22-61-51)16-8-6-7-15-33(53)28(5)40(56)30(41(57)47-38)19-18-27(4)52/h6-8,11,13,15,17,23-25,28,30,32-33,35,38-40,49,53-54,56H,9-10,12,14,16,18-22H2,1-5H3,(H,47,57)(H,48,58)/b8-6+,15-7+,17-11+,26-13+/t28-,30+,32?,33-,35-,38-,39?,40+/m0/s1. The lowest BCUT2D eigenvalue weighted by atomic mass is 9.84. The summed E-state index contributed by atoms with van der Waals surface area (Å²) in [7, 11) is 0. The lowest BCUT2D eigenvalue weighted by Gasteiger charge is -2.36. The molecule has 2 bridgehead atoms. The van der Waals surface area contributed by atoms with Crippen molar-refractivity contribution in [3.8, 4) is 5.75 Å². The second-order valence-electron chi connectivity index (χ2n) is 16.2. The third-order valence-corrected chi connectivity index (χ3v) is 11.0. The Morgan fingerprint density at radius 1 is 1.00 bits per heavy atom. The van der Waals surface area contributed by atoms with Crippen molar-refractivity contribution in [3.05, 3.63) is 77.4 Å². The first-order valence-corrected chi connectivity index (χ1v) is 20.9. The van der Waals surface area contributed by atoms with Gasteiger partial charge in [-0.2, -0.15) is 4.39 Å². The zero-order valence-corrected chi connectivity index (χ0v) is 35.7. The highest BCUT2D eigenvalue weighted by atomic mass is 19.2. The highest BCUT2D eigenvalue weighted by molar-refractivity contribution is 5.93. The van der Waals surface area contributed by atoms with Crippen LogP contribution in [0.4, 0.5) is 8.78 Å². The zero-order chi connectivity index (χ0) is 45.7. The number of phenolic OH excluding ortho intramolecular Hbond substituents is 1. The number of carbonyl (C=O) groups is 6. The topological polar surface area (TPSA) is 224 Å². The van der Waals surface area contributed by atoms with E-state index in [0.717, 1.165) is 23.9 Å². The summed E-state index contributed by atoms with van der Waals surface area (Å²) < 4.78 is 35.0. The first kappa shape index (κ1) is 49.4. The van der Waals surface area contributed by atoms with E-state index in [1.54, 1.807) is 39.0 Å². The fraction of sp³-hybridized carbons (Fsp3) is 0.545. The van der Waals surface area contributed by atoms with E-state index in [9.17, 15) is 52.9 Å². The van der Waals surface area contributed by atoms with Gasteiger partial charge in [0.1, 0.15) is 30.0 Å². The van der Waals surface area contributed by atoms with Gasteiger partial charge in [-0.3, -0.25) is 33.8 Å². The fourth-order valence-corrected chi connectivity index (χ4v) is 7.16. The molecule has 0 aromatic heterocycles. The van der Waals surface area contributed by atoms with Gasteiger partial charge in [-0.1, -0.05) is 57.2 Å². The number of hydrazine groups is 1. The summed E-state index contributed by atoms with van der Waals surface area (Å²) in [5.41, 5.74) is 3.02. The highest BCUT2D eigenvalue weighted by Crippen LogP contribution is 2.28. The summed E-state index contributed by atoms with van der Waals surface area (Å²) >= 11 is 0. The number of benzene rings is 1. The summed E-state index contributed by atoms with van der Waals surface area (Å²) in [5.74, 6) is -11.2. The third kappa shape index (κ3) is 13.6. The number of amides is 4. The molecule has 2 saturated heterocycles. The van der Waals surface area contributed by atoms with Crippen LogP contribution in [0.1, 0.15) is 91.2 Å². The maximum Gasteiger partial charge on any atom is 0.325 e. The van der Waals surface area contributed by atoms with Crippen molar-refractivity contribution in [2.24, 2.45) is 17.8 Å². The van der Waals surface area contributed by atoms with E-state index >= 15 is 0 Å². The maximum absolute atomic E-state index is 14.8. The largest absolute Gasteiger partial charge is 0.505 e. The number of esters is 1. The van der Waals surface area contributed by atoms with Gasteiger partial charge in [0.25, 0.3) is 11.8 Å². The van der Waals surface area contributed by atoms with E-state index < -0.39 is 95.3 Å². The molecule has 3 heterocycles. The molecule has 3 aliphatic heterocycles. The Labute approximate surface area is 360 Å². The molecule has 0 spiro atoms. The predicted octanol–water partition coefficient (Wildman–Crippen LogP) is 3.29. The number of phenols is 1. The summed E-state index contributed by atoms with van der Waals surface area (Å²) in [5, 5.41) is 40.2. The van der Waals surface area contributed by atoms with E-state index in [0.29, 0.717) is 24.8 Å². The van der Waals surface area contributed by atoms with Crippen LogP contribution >= 0.6 is 0 Å². The van der Waals surface area contributed by atoms with Crippen LogP contribution in [-0.2, 0) is 38.3 Å². The number of fused-ring (bicyclic) bond motifs is 2. The smallest absolute Gasteiger partial charge is 0.325 e. The number of ketones is 1. The van der Waals surface area contributed by atoms with Crippen molar-refractivity contribution in [3.63, 3.8) is 0 Å². The number of aromatic hydroxyl groups is 1. The van der Waals surface area contributed by atoms with Gasteiger partial charge < -0.3 is 35.5 Å². The number of hydroxylamine groups is 2. The van der Waals surface area contributed by atoms with Gasteiger partial charge in [0.05, 0.1) is 24.7 Å². The number of Topliss-reactive ketones (excluding diaryl/α,β-unsaturated/α-hetero) is 1. The van der Waals surface area contributed by atoms with Gasteiger partial charge in [0, 0.05) is 37.9 Å². The van der Waals surface area contributed by atoms with Crippen LogP contribution in [0.25, 0.3) is 0 Å². The number of rotatable bonds is 8. The quantitative estimate of drug-likeness (QED) is 0.126. The molecule has 1 aromatic carbocycles. The fourth-order valence-electron chi connectivity index (χ4n) is 7.16. The number of hydrogen-bond donors (Lipinski definition) is 6. The lowest BCUT2D eigenvalue weighted by Crippen LogP contribution is -2.59. The van der Waals surface area contributed by atoms with Gasteiger partial charge in [-0.05, 0) is 75.1 Å². The lowest BCUT2D eigenvalue weighted by molar-refractivity contribution is -0.191. The molecule has 340 valence electrons. The Morgan fingerprint density at radius 2 is 1.74 bits per heavy atom. The number of ether oxygens (including phenoxy) is 1. The minimum atomic E-state index is -1.80. The van der Waals surface area contributed by atoms with Crippen molar-refractivity contribution in [2.75, 3.05) is 19.7 Å². The molecule has 62 heavy (non-hydrogen) atoms. The minimum Gasteiger partial charge on any atom is -0.505 e. The molecular weight excluding hydrogens is 813 g/mol. The Balaban J connectivity index is 1.74. The summed E-state index contributed by atoms with van der Waals surface area (Å²) in [6.07, 6.45) is 8.98. The van der Waals surface area contributed by atoms with Gasteiger partial charge in [-0.25, -0.2) is 14.9 Å². The molecule has 18 heteroatoms. The molecule has 6 N–H and O–H groups in total. The van der Waals surface area contributed by atoms with E-state index in [1.807, 2.05) is 0 Å². The Morgan fingerprint density at radius 3 is 2.40 bits per heavy atom. The molecule has 1 aromatic rings. The van der Waals surface area contributed by atoms with Crippen LogP contribution in [-0.4, -0.2) is 111 Å². The second kappa shape index (κ2) is 23.2. The van der Waals surface area contributed by atoms with Crippen LogP contribution < -0.4 is 16.1 Å². The van der Waals surface area contributed by atoms with E-state index in [1.165, 1.54) is 43.2 Å². The van der Waals surface area contributed by atoms with Crippen molar-refractivity contribution in [2.45, 2.75) is 116 Å².